The summed E-state index contributed by atoms with van der Waals surface area (Å²) in [6, 6.07) is 50.4. The van der Waals surface area contributed by atoms with E-state index in [0.717, 1.165) is 34.8 Å². The van der Waals surface area contributed by atoms with Gasteiger partial charge in [0.2, 0.25) is 0 Å². The van der Waals surface area contributed by atoms with E-state index in [-0.39, 0.29) is 12.8 Å². The Hall–Kier alpha value is -5.67. The minimum absolute atomic E-state index is 0. The van der Waals surface area contributed by atoms with Crippen LogP contribution in [0.4, 0.5) is 0 Å². The molecule has 3 aliphatic carbocycles. The van der Waals surface area contributed by atoms with Crippen molar-refractivity contribution >= 4 is 0 Å². The van der Waals surface area contributed by atoms with Gasteiger partial charge in [-0.05, 0) is 74.5 Å². The molecule has 0 radical (unpaired) electrons. The summed E-state index contributed by atoms with van der Waals surface area (Å²) < 4.78 is 0. The number of nitrogens with zero attached hydrogens (tertiary/aromatic N) is 3. The Morgan fingerprint density at radius 2 is 0.920 bits per heavy atom. The molecule has 7 aromatic rings. The standard InChI is InChI=1S/C46H35N3.CH4/c1-4-14-30(15-5-1)33-19-12-20-34-35-21-13-22-38(40(35)29-39(33)34)45-48-43(31-16-6-2-7-17-31)47-44(49-45)32-24-25-37-36-18-8-9-23-41(36)46(42(37)28-32)26-10-3-11-27-46;/h1-2,4-9,12-25,28H,3,10-11,26-27,29H2;1H4. The molecule has 6 aromatic carbocycles. The fourth-order valence-electron chi connectivity index (χ4n) is 8.96. The largest absolute Gasteiger partial charge is 0.208 e. The molecule has 50 heavy (non-hydrogen) atoms. The maximum atomic E-state index is 5.31. The summed E-state index contributed by atoms with van der Waals surface area (Å²) >= 11 is 0. The molecule has 3 nitrogen and oxygen atoms in total. The molecule has 0 amide bonds. The van der Waals surface area contributed by atoms with E-state index in [2.05, 4.69) is 133 Å². The van der Waals surface area contributed by atoms with Crippen LogP contribution in [0.5, 0.6) is 0 Å². The third-order valence-electron chi connectivity index (χ3n) is 11.2. The highest BCUT2D eigenvalue weighted by atomic mass is 15.0. The lowest BCUT2D eigenvalue weighted by atomic mass is 9.67. The lowest BCUT2D eigenvalue weighted by Crippen LogP contribution is -2.28. The van der Waals surface area contributed by atoms with Crippen LogP contribution in [0.3, 0.4) is 0 Å². The quantitative estimate of drug-likeness (QED) is 0.191. The zero-order valence-corrected chi connectivity index (χ0v) is 27.4. The molecule has 0 bridgehead atoms. The molecule has 3 aliphatic rings. The minimum atomic E-state index is 0. The summed E-state index contributed by atoms with van der Waals surface area (Å²) in [6.45, 7) is 0. The van der Waals surface area contributed by atoms with Gasteiger partial charge in [0, 0.05) is 28.5 Å². The van der Waals surface area contributed by atoms with Gasteiger partial charge in [0.25, 0.3) is 0 Å². The van der Waals surface area contributed by atoms with E-state index in [1.54, 1.807) is 0 Å². The Balaban J connectivity index is 0.00000336. The van der Waals surface area contributed by atoms with E-state index < -0.39 is 0 Å². The summed E-state index contributed by atoms with van der Waals surface area (Å²) in [5.41, 5.74) is 16.6. The second kappa shape index (κ2) is 12.0. The highest BCUT2D eigenvalue weighted by molar-refractivity contribution is 5.89. The first-order chi connectivity index (χ1) is 24.3. The average Bonchev–Trinajstić information content (AvgIpc) is 3.69. The van der Waals surface area contributed by atoms with Gasteiger partial charge >= 0.3 is 0 Å². The monoisotopic (exact) mass is 645 g/mol. The molecule has 1 heterocycles. The van der Waals surface area contributed by atoms with Gasteiger partial charge in [-0.25, -0.2) is 15.0 Å². The van der Waals surface area contributed by atoms with E-state index in [9.17, 15) is 0 Å². The summed E-state index contributed by atoms with van der Waals surface area (Å²) in [5.74, 6) is 2.16. The third-order valence-corrected chi connectivity index (χ3v) is 11.2. The van der Waals surface area contributed by atoms with Crippen molar-refractivity contribution in [2.45, 2.75) is 51.4 Å². The van der Waals surface area contributed by atoms with Crippen molar-refractivity contribution in [3.63, 3.8) is 0 Å². The molecule has 1 aromatic heterocycles. The molecular weight excluding hydrogens is 607 g/mol. The number of fused-ring (bicyclic) bond motifs is 8. The van der Waals surface area contributed by atoms with Crippen molar-refractivity contribution in [1.82, 2.24) is 15.0 Å². The van der Waals surface area contributed by atoms with Crippen LogP contribution in [0, 0.1) is 0 Å². The summed E-state index contributed by atoms with van der Waals surface area (Å²) in [5, 5.41) is 0. The van der Waals surface area contributed by atoms with Crippen LogP contribution >= 0.6 is 0 Å². The first-order valence-electron chi connectivity index (χ1n) is 17.6. The predicted molar refractivity (Wildman–Crippen MR) is 206 cm³/mol. The maximum Gasteiger partial charge on any atom is 0.164 e. The SMILES string of the molecule is C.c1ccc(-c2nc(-c3ccc4c(c3)C3(CCCCC3)c3ccccc3-4)nc(-c3cccc4c3Cc3c(-c5ccccc5)cccc3-4)n2)cc1. The van der Waals surface area contributed by atoms with Crippen LogP contribution in [0.15, 0.2) is 140 Å². The Kier molecular flexibility index (Phi) is 7.31. The number of hydrogen-bond acceptors (Lipinski definition) is 3. The number of hydrogen-bond donors (Lipinski definition) is 0. The molecule has 1 fully saturated rings. The predicted octanol–water partition coefficient (Wildman–Crippen LogP) is 12.0. The van der Waals surface area contributed by atoms with Gasteiger partial charge in [-0.1, -0.05) is 160 Å². The fraction of sp³-hybridized carbons (Fsp3) is 0.170. The normalized spacial score (nSPS) is 14.7. The van der Waals surface area contributed by atoms with E-state index >= 15 is 0 Å². The first kappa shape index (κ1) is 30.4. The Morgan fingerprint density at radius 3 is 1.66 bits per heavy atom. The molecular formula is C47H39N3. The maximum absolute atomic E-state index is 5.31. The van der Waals surface area contributed by atoms with Crippen molar-refractivity contribution < 1.29 is 0 Å². The second-order valence-electron chi connectivity index (χ2n) is 13.8. The van der Waals surface area contributed by atoms with Crippen LogP contribution < -0.4 is 0 Å². The van der Waals surface area contributed by atoms with Crippen LogP contribution in [0.1, 0.15) is 61.8 Å². The van der Waals surface area contributed by atoms with E-state index in [0.29, 0.717) is 5.82 Å². The average molecular weight is 646 g/mol. The fourth-order valence-corrected chi connectivity index (χ4v) is 8.96. The number of rotatable bonds is 4. The first-order valence-corrected chi connectivity index (χ1v) is 17.6. The van der Waals surface area contributed by atoms with Gasteiger partial charge in [-0.15, -0.1) is 0 Å². The van der Waals surface area contributed by atoms with E-state index in [4.69, 9.17) is 15.0 Å². The van der Waals surface area contributed by atoms with Crippen molar-refractivity contribution in [2.75, 3.05) is 0 Å². The van der Waals surface area contributed by atoms with Crippen LogP contribution in [0.2, 0.25) is 0 Å². The topological polar surface area (TPSA) is 38.7 Å². The van der Waals surface area contributed by atoms with Crippen molar-refractivity contribution in [3.8, 4) is 67.5 Å². The van der Waals surface area contributed by atoms with Crippen LogP contribution in [-0.2, 0) is 11.8 Å². The molecule has 1 saturated carbocycles. The molecule has 242 valence electrons. The lowest BCUT2D eigenvalue weighted by molar-refractivity contribution is 0.353. The smallest absolute Gasteiger partial charge is 0.164 e. The lowest BCUT2D eigenvalue weighted by Gasteiger charge is -2.36. The van der Waals surface area contributed by atoms with Gasteiger partial charge in [0.15, 0.2) is 17.5 Å². The zero-order valence-electron chi connectivity index (χ0n) is 27.4. The van der Waals surface area contributed by atoms with E-state index in [1.165, 1.54) is 87.7 Å². The molecule has 0 atom stereocenters. The van der Waals surface area contributed by atoms with Crippen LogP contribution in [0.25, 0.3) is 67.5 Å². The number of aromatic nitrogens is 3. The molecule has 10 rings (SSSR count). The molecule has 3 heteroatoms. The highest BCUT2D eigenvalue weighted by Gasteiger charge is 2.43. The van der Waals surface area contributed by atoms with Crippen molar-refractivity contribution in [1.29, 1.82) is 0 Å². The second-order valence-corrected chi connectivity index (χ2v) is 13.8. The zero-order chi connectivity index (χ0) is 32.4. The molecule has 1 spiro atoms. The summed E-state index contributed by atoms with van der Waals surface area (Å²) in [4.78, 5) is 15.7. The molecule has 0 saturated heterocycles. The Bertz CT molecular complexity index is 2390. The molecule has 0 unspecified atom stereocenters. The highest BCUT2D eigenvalue weighted by Crippen LogP contribution is 2.56. The summed E-state index contributed by atoms with van der Waals surface area (Å²) in [7, 11) is 0. The van der Waals surface area contributed by atoms with Gasteiger partial charge in [0.05, 0.1) is 0 Å². The van der Waals surface area contributed by atoms with Crippen LogP contribution in [-0.4, -0.2) is 15.0 Å². The van der Waals surface area contributed by atoms with E-state index in [1.807, 2.05) is 6.07 Å². The molecule has 0 N–H and O–H groups in total. The van der Waals surface area contributed by atoms with Crippen molar-refractivity contribution in [3.05, 3.63) is 162 Å². The van der Waals surface area contributed by atoms with Gasteiger partial charge in [-0.3, -0.25) is 0 Å². The van der Waals surface area contributed by atoms with Crippen molar-refractivity contribution in [2.24, 2.45) is 0 Å². The Labute approximate surface area is 294 Å². The summed E-state index contributed by atoms with van der Waals surface area (Å²) in [6.07, 6.45) is 7.07. The van der Waals surface area contributed by atoms with Gasteiger partial charge in [0.1, 0.15) is 0 Å². The van der Waals surface area contributed by atoms with Gasteiger partial charge in [-0.2, -0.15) is 0 Å². The molecule has 0 aliphatic heterocycles. The van der Waals surface area contributed by atoms with Gasteiger partial charge < -0.3 is 0 Å². The Morgan fingerprint density at radius 1 is 0.380 bits per heavy atom. The minimum Gasteiger partial charge on any atom is -0.208 e. The number of benzene rings is 6. The third kappa shape index (κ3) is 4.68.